The highest BCUT2D eigenvalue weighted by Gasteiger charge is 2.24. The summed E-state index contributed by atoms with van der Waals surface area (Å²) in [5, 5.41) is 10.3. The van der Waals surface area contributed by atoms with Gasteiger partial charge in [-0.25, -0.2) is 0 Å². The Hall–Kier alpha value is -1.10. The highest BCUT2D eigenvalue weighted by atomic mass is 16.5. The van der Waals surface area contributed by atoms with Crippen molar-refractivity contribution in [1.29, 1.82) is 0 Å². The lowest BCUT2D eigenvalue weighted by atomic mass is 9.86. The minimum Gasteiger partial charge on any atom is -0.491 e. The molecular weight excluding hydrogens is 290 g/mol. The molecule has 0 spiro atoms. The number of hydrogen-bond acceptors (Lipinski definition) is 4. The SMILES string of the molecule is C[C@@H]1CN(C[C@H](O)COc2ccccc2C(C)(C)C)C[C@@H](C)O1. The molecule has 0 bridgehead atoms. The zero-order chi connectivity index (χ0) is 17.0. The summed E-state index contributed by atoms with van der Waals surface area (Å²) >= 11 is 0. The van der Waals surface area contributed by atoms with Crippen LogP contribution in [0.1, 0.15) is 40.2 Å². The Labute approximate surface area is 140 Å². The highest BCUT2D eigenvalue weighted by molar-refractivity contribution is 5.38. The van der Waals surface area contributed by atoms with Crippen molar-refractivity contribution in [3.8, 4) is 5.75 Å². The Morgan fingerprint density at radius 1 is 1.22 bits per heavy atom. The number of nitrogens with zero attached hydrogens (tertiary/aromatic N) is 1. The second-order valence-electron chi connectivity index (χ2n) is 7.69. The number of hydrogen-bond donors (Lipinski definition) is 1. The molecule has 2 rings (SSSR count). The molecule has 0 amide bonds. The van der Waals surface area contributed by atoms with Gasteiger partial charge in [0.25, 0.3) is 0 Å². The maximum absolute atomic E-state index is 10.3. The van der Waals surface area contributed by atoms with Gasteiger partial charge in [-0.2, -0.15) is 0 Å². The maximum Gasteiger partial charge on any atom is 0.123 e. The topological polar surface area (TPSA) is 41.9 Å². The molecule has 130 valence electrons. The number of aliphatic hydroxyl groups is 1. The Kier molecular flexibility index (Phi) is 6.06. The molecule has 1 heterocycles. The molecule has 4 nitrogen and oxygen atoms in total. The van der Waals surface area contributed by atoms with Gasteiger partial charge < -0.3 is 14.6 Å². The van der Waals surface area contributed by atoms with Crippen molar-refractivity contribution in [2.45, 2.75) is 58.3 Å². The van der Waals surface area contributed by atoms with Crippen molar-refractivity contribution in [3.63, 3.8) is 0 Å². The number of para-hydroxylation sites is 1. The van der Waals surface area contributed by atoms with Gasteiger partial charge in [-0.15, -0.1) is 0 Å². The first-order valence-electron chi connectivity index (χ1n) is 8.54. The molecule has 23 heavy (non-hydrogen) atoms. The molecule has 3 atom stereocenters. The maximum atomic E-state index is 10.3. The molecule has 1 aliphatic heterocycles. The summed E-state index contributed by atoms with van der Waals surface area (Å²) in [6.45, 7) is 13.3. The quantitative estimate of drug-likeness (QED) is 0.905. The second-order valence-corrected chi connectivity index (χ2v) is 7.69. The van der Waals surface area contributed by atoms with E-state index in [2.05, 4.69) is 45.6 Å². The fourth-order valence-corrected chi connectivity index (χ4v) is 3.18. The molecule has 1 aromatic rings. The van der Waals surface area contributed by atoms with E-state index in [0.29, 0.717) is 13.2 Å². The van der Waals surface area contributed by atoms with Gasteiger partial charge in [0.1, 0.15) is 18.5 Å². The van der Waals surface area contributed by atoms with Crippen LogP contribution in [0.2, 0.25) is 0 Å². The molecule has 0 radical (unpaired) electrons. The fourth-order valence-electron chi connectivity index (χ4n) is 3.18. The Balaban J connectivity index is 1.89. The lowest BCUT2D eigenvalue weighted by Crippen LogP contribution is -2.48. The van der Waals surface area contributed by atoms with Gasteiger partial charge in [0, 0.05) is 19.6 Å². The van der Waals surface area contributed by atoms with E-state index in [1.54, 1.807) is 0 Å². The Morgan fingerprint density at radius 2 is 1.83 bits per heavy atom. The smallest absolute Gasteiger partial charge is 0.123 e. The number of aliphatic hydroxyl groups excluding tert-OH is 1. The molecule has 0 aromatic heterocycles. The van der Waals surface area contributed by atoms with E-state index in [1.807, 2.05) is 18.2 Å². The summed E-state index contributed by atoms with van der Waals surface area (Å²) in [5.74, 6) is 0.864. The molecule has 1 saturated heterocycles. The van der Waals surface area contributed by atoms with Gasteiger partial charge in [0.05, 0.1) is 12.2 Å². The number of ether oxygens (including phenoxy) is 2. The zero-order valence-electron chi connectivity index (χ0n) is 15.1. The largest absolute Gasteiger partial charge is 0.491 e. The van der Waals surface area contributed by atoms with Crippen LogP contribution in [0, 0.1) is 0 Å². The van der Waals surface area contributed by atoms with Crippen LogP contribution in [-0.2, 0) is 10.2 Å². The monoisotopic (exact) mass is 321 g/mol. The number of β-amino-alcohol motifs (C(OH)–C–C–N with tert-alkyl or cyclic N) is 1. The first kappa shape index (κ1) is 18.2. The van der Waals surface area contributed by atoms with Gasteiger partial charge in [-0.05, 0) is 30.9 Å². The molecular formula is C19H31NO3. The molecule has 0 saturated carbocycles. The summed E-state index contributed by atoms with van der Waals surface area (Å²) in [6, 6.07) is 8.07. The van der Waals surface area contributed by atoms with E-state index in [9.17, 15) is 5.11 Å². The summed E-state index contributed by atoms with van der Waals surface area (Å²) in [6.07, 6.45) is -0.0671. The van der Waals surface area contributed by atoms with Crippen LogP contribution in [0.3, 0.4) is 0 Å². The van der Waals surface area contributed by atoms with Crippen LogP contribution >= 0.6 is 0 Å². The van der Waals surface area contributed by atoms with Crippen molar-refractivity contribution in [1.82, 2.24) is 4.90 Å². The molecule has 1 aromatic carbocycles. The third-order valence-electron chi connectivity index (χ3n) is 4.09. The van der Waals surface area contributed by atoms with Crippen molar-refractivity contribution in [2.24, 2.45) is 0 Å². The minimum atomic E-state index is -0.500. The molecule has 0 unspecified atom stereocenters. The third-order valence-corrected chi connectivity index (χ3v) is 4.09. The van der Waals surface area contributed by atoms with Crippen LogP contribution in [0.4, 0.5) is 0 Å². The lowest BCUT2D eigenvalue weighted by Gasteiger charge is -2.36. The summed E-state index contributed by atoms with van der Waals surface area (Å²) in [7, 11) is 0. The van der Waals surface area contributed by atoms with Gasteiger partial charge in [0.2, 0.25) is 0 Å². The van der Waals surface area contributed by atoms with E-state index in [1.165, 1.54) is 5.56 Å². The van der Waals surface area contributed by atoms with Crippen LogP contribution in [0.5, 0.6) is 5.75 Å². The van der Waals surface area contributed by atoms with Gasteiger partial charge in [-0.3, -0.25) is 4.90 Å². The minimum absolute atomic E-state index is 0.0244. The van der Waals surface area contributed by atoms with Crippen LogP contribution in [0.25, 0.3) is 0 Å². The highest BCUT2D eigenvalue weighted by Crippen LogP contribution is 2.31. The Bertz CT molecular complexity index is 488. The summed E-state index contributed by atoms with van der Waals surface area (Å²) in [5.41, 5.74) is 1.19. The van der Waals surface area contributed by atoms with Gasteiger partial charge >= 0.3 is 0 Å². The second kappa shape index (κ2) is 7.65. The summed E-state index contributed by atoms with van der Waals surface area (Å²) < 4.78 is 11.6. The predicted molar refractivity (Wildman–Crippen MR) is 93.1 cm³/mol. The van der Waals surface area contributed by atoms with Crippen LogP contribution < -0.4 is 4.74 Å². The molecule has 4 heteroatoms. The van der Waals surface area contributed by atoms with Crippen LogP contribution in [0.15, 0.2) is 24.3 Å². The molecule has 1 fully saturated rings. The first-order chi connectivity index (χ1) is 10.8. The molecule has 0 aliphatic carbocycles. The predicted octanol–water partition coefficient (Wildman–Crippen LogP) is 2.83. The lowest BCUT2D eigenvalue weighted by molar-refractivity contribution is -0.0787. The standard InChI is InChI=1S/C19H31NO3/c1-14-10-20(11-15(2)23-14)12-16(21)13-22-18-9-7-6-8-17(18)19(3,4)5/h6-9,14-16,21H,10-13H2,1-5H3/t14-,15-,16+/m1/s1. The van der Waals surface area contributed by atoms with E-state index in [0.717, 1.165) is 18.8 Å². The van der Waals surface area contributed by atoms with E-state index < -0.39 is 6.10 Å². The first-order valence-corrected chi connectivity index (χ1v) is 8.54. The average molecular weight is 321 g/mol. The van der Waals surface area contributed by atoms with Gasteiger partial charge in [-0.1, -0.05) is 39.0 Å². The molecule has 1 N–H and O–H groups in total. The van der Waals surface area contributed by atoms with Gasteiger partial charge in [0.15, 0.2) is 0 Å². The van der Waals surface area contributed by atoms with Crippen LogP contribution in [-0.4, -0.2) is 54.6 Å². The van der Waals surface area contributed by atoms with Crippen molar-refractivity contribution in [2.75, 3.05) is 26.2 Å². The number of morpholine rings is 1. The number of rotatable bonds is 5. The average Bonchev–Trinajstić information content (AvgIpc) is 2.43. The summed E-state index contributed by atoms with van der Waals surface area (Å²) in [4.78, 5) is 2.25. The van der Waals surface area contributed by atoms with Crippen molar-refractivity contribution >= 4 is 0 Å². The third kappa shape index (κ3) is 5.48. The fraction of sp³-hybridized carbons (Fsp3) is 0.684. The van der Waals surface area contributed by atoms with Crippen molar-refractivity contribution in [3.05, 3.63) is 29.8 Å². The zero-order valence-corrected chi connectivity index (χ0v) is 15.1. The molecule has 1 aliphatic rings. The number of benzene rings is 1. The van der Waals surface area contributed by atoms with Crippen molar-refractivity contribution < 1.29 is 14.6 Å². The van der Waals surface area contributed by atoms with E-state index >= 15 is 0 Å². The Morgan fingerprint density at radius 3 is 2.43 bits per heavy atom. The van der Waals surface area contributed by atoms with E-state index in [4.69, 9.17) is 9.47 Å². The van der Waals surface area contributed by atoms with E-state index in [-0.39, 0.29) is 17.6 Å². The normalized spacial score (nSPS) is 24.4.